The Kier molecular flexibility index (Phi) is 3.11. The van der Waals surface area contributed by atoms with Crippen molar-refractivity contribution in [2.75, 3.05) is 13.2 Å². The maximum Gasteiger partial charge on any atom is 0.127 e. The van der Waals surface area contributed by atoms with Gasteiger partial charge in [-0.2, -0.15) is 0 Å². The van der Waals surface area contributed by atoms with Crippen LogP contribution >= 0.6 is 15.9 Å². The first kappa shape index (κ1) is 11.5. The first-order valence-electron chi connectivity index (χ1n) is 6.08. The maximum atomic E-state index is 6.32. The van der Waals surface area contributed by atoms with E-state index in [1.165, 1.54) is 5.56 Å². The topological polar surface area (TPSA) is 44.5 Å². The first-order valence-corrected chi connectivity index (χ1v) is 6.87. The smallest absolute Gasteiger partial charge is 0.127 e. The van der Waals surface area contributed by atoms with Crippen molar-refractivity contribution in [3.63, 3.8) is 0 Å². The summed E-state index contributed by atoms with van der Waals surface area (Å²) in [5.74, 6) is 0.983. The van der Waals surface area contributed by atoms with Crippen molar-refractivity contribution in [2.45, 2.75) is 31.4 Å². The van der Waals surface area contributed by atoms with Crippen LogP contribution in [-0.4, -0.2) is 19.3 Å². The Morgan fingerprint density at radius 1 is 1.35 bits per heavy atom. The SMILES string of the molecule is NC(c1cc(Br)cc2c1OCC2)C1CCCO1. The van der Waals surface area contributed by atoms with E-state index in [0.29, 0.717) is 0 Å². The average molecular weight is 298 g/mol. The zero-order valence-electron chi connectivity index (χ0n) is 9.62. The van der Waals surface area contributed by atoms with Crippen LogP contribution in [0.25, 0.3) is 0 Å². The molecular weight excluding hydrogens is 282 g/mol. The lowest BCUT2D eigenvalue weighted by molar-refractivity contribution is 0.0892. The fourth-order valence-electron chi connectivity index (χ4n) is 2.63. The van der Waals surface area contributed by atoms with Gasteiger partial charge in [0.25, 0.3) is 0 Å². The molecular formula is C13H16BrNO2. The second-order valence-electron chi connectivity index (χ2n) is 4.66. The molecule has 0 spiro atoms. The highest BCUT2D eigenvalue weighted by Gasteiger charge is 2.29. The van der Waals surface area contributed by atoms with Gasteiger partial charge in [-0.25, -0.2) is 0 Å². The molecule has 2 aliphatic rings. The Hall–Kier alpha value is -0.580. The van der Waals surface area contributed by atoms with E-state index in [2.05, 4.69) is 28.1 Å². The lowest BCUT2D eigenvalue weighted by Crippen LogP contribution is -2.26. The second kappa shape index (κ2) is 4.59. The largest absolute Gasteiger partial charge is 0.493 e. The van der Waals surface area contributed by atoms with E-state index in [-0.39, 0.29) is 12.1 Å². The number of fused-ring (bicyclic) bond motifs is 1. The number of rotatable bonds is 2. The van der Waals surface area contributed by atoms with E-state index in [1.807, 2.05) is 0 Å². The fraction of sp³-hybridized carbons (Fsp3) is 0.538. The third kappa shape index (κ3) is 2.09. The van der Waals surface area contributed by atoms with Crippen LogP contribution in [0.3, 0.4) is 0 Å². The summed E-state index contributed by atoms with van der Waals surface area (Å²) in [6.07, 6.45) is 3.26. The Bertz CT molecular complexity index is 430. The molecule has 2 heterocycles. The summed E-state index contributed by atoms with van der Waals surface area (Å²) in [5.41, 5.74) is 8.65. The Morgan fingerprint density at radius 2 is 2.24 bits per heavy atom. The van der Waals surface area contributed by atoms with Crippen molar-refractivity contribution in [2.24, 2.45) is 5.73 Å². The predicted octanol–water partition coefficient (Wildman–Crippen LogP) is 2.56. The van der Waals surface area contributed by atoms with Gasteiger partial charge in [-0.05, 0) is 30.5 Å². The van der Waals surface area contributed by atoms with Crippen LogP contribution in [0.1, 0.15) is 30.0 Å². The van der Waals surface area contributed by atoms with E-state index in [1.54, 1.807) is 0 Å². The average Bonchev–Trinajstić information content (AvgIpc) is 2.97. The molecule has 0 aliphatic carbocycles. The quantitative estimate of drug-likeness (QED) is 0.912. The molecule has 1 aromatic carbocycles. The third-order valence-corrected chi connectivity index (χ3v) is 3.96. The minimum atomic E-state index is -0.0816. The molecule has 92 valence electrons. The molecule has 4 heteroatoms. The van der Waals surface area contributed by atoms with Crippen molar-refractivity contribution in [3.8, 4) is 5.75 Å². The highest BCUT2D eigenvalue weighted by molar-refractivity contribution is 9.10. The number of hydrogen-bond donors (Lipinski definition) is 1. The van der Waals surface area contributed by atoms with Crippen LogP contribution < -0.4 is 10.5 Å². The molecule has 17 heavy (non-hydrogen) atoms. The predicted molar refractivity (Wildman–Crippen MR) is 69.2 cm³/mol. The molecule has 1 saturated heterocycles. The summed E-state index contributed by atoms with van der Waals surface area (Å²) in [4.78, 5) is 0. The van der Waals surface area contributed by atoms with E-state index in [4.69, 9.17) is 15.2 Å². The van der Waals surface area contributed by atoms with Gasteiger partial charge in [0, 0.05) is 23.1 Å². The molecule has 1 fully saturated rings. The highest BCUT2D eigenvalue weighted by atomic mass is 79.9. The van der Waals surface area contributed by atoms with Crippen LogP contribution in [0.4, 0.5) is 0 Å². The van der Waals surface area contributed by atoms with Gasteiger partial charge in [-0.3, -0.25) is 0 Å². The number of benzene rings is 1. The summed E-state index contributed by atoms with van der Waals surface area (Å²) >= 11 is 3.54. The zero-order chi connectivity index (χ0) is 11.8. The van der Waals surface area contributed by atoms with Gasteiger partial charge >= 0.3 is 0 Å². The van der Waals surface area contributed by atoms with Crippen LogP contribution in [0, 0.1) is 0 Å². The Morgan fingerprint density at radius 3 is 3.00 bits per heavy atom. The van der Waals surface area contributed by atoms with E-state index < -0.39 is 0 Å². The summed E-state index contributed by atoms with van der Waals surface area (Å²) in [6, 6.07) is 4.10. The third-order valence-electron chi connectivity index (χ3n) is 3.50. The van der Waals surface area contributed by atoms with Crippen molar-refractivity contribution in [3.05, 3.63) is 27.7 Å². The lowest BCUT2D eigenvalue weighted by Gasteiger charge is -2.21. The normalized spacial score (nSPS) is 24.5. The van der Waals surface area contributed by atoms with Crippen molar-refractivity contribution in [1.82, 2.24) is 0 Å². The van der Waals surface area contributed by atoms with Crippen LogP contribution in [-0.2, 0) is 11.2 Å². The van der Waals surface area contributed by atoms with Gasteiger partial charge in [0.2, 0.25) is 0 Å². The van der Waals surface area contributed by atoms with Crippen molar-refractivity contribution < 1.29 is 9.47 Å². The lowest BCUT2D eigenvalue weighted by atomic mass is 9.97. The molecule has 0 aromatic heterocycles. The highest BCUT2D eigenvalue weighted by Crippen LogP contribution is 2.38. The zero-order valence-corrected chi connectivity index (χ0v) is 11.2. The molecule has 3 rings (SSSR count). The number of nitrogens with two attached hydrogens (primary N) is 1. The van der Waals surface area contributed by atoms with Gasteiger partial charge in [-0.1, -0.05) is 15.9 Å². The van der Waals surface area contributed by atoms with Crippen molar-refractivity contribution in [1.29, 1.82) is 0 Å². The van der Waals surface area contributed by atoms with Crippen LogP contribution in [0.15, 0.2) is 16.6 Å². The molecule has 3 nitrogen and oxygen atoms in total. The molecule has 2 unspecified atom stereocenters. The van der Waals surface area contributed by atoms with Gasteiger partial charge in [-0.15, -0.1) is 0 Å². The summed E-state index contributed by atoms with van der Waals surface area (Å²) in [6.45, 7) is 1.59. The van der Waals surface area contributed by atoms with Gasteiger partial charge in [0.05, 0.1) is 18.8 Å². The van der Waals surface area contributed by atoms with Gasteiger partial charge < -0.3 is 15.2 Å². The molecule has 2 N–H and O–H groups in total. The van der Waals surface area contributed by atoms with E-state index in [9.17, 15) is 0 Å². The molecule has 0 bridgehead atoms. The van der Waals surface area contributed by atoms with E-state index >= 15 is 0 Å². The summed E-state index contributed by atoms with van der Waals surface area (Å²) < 4.78 is 12.5. The van der Waals surface area contributed by atoms with Gasteiger partial charge in [0.15, 0.2) is 0 Å². The molecule has 1 aromatic rings. The fourth-order valence-corrected chi connectivity index (χ4v) is 3.15. The maximum absolute atomic E-state index is 6.32. The van der Waals surface area contributed by atoms with Crippen molar-refractivity contribution >= 4 is 15.9 Å². The number of ether oxygens (including phenoxy) is 2. The Labute approximate surface area is 109 Å². The van der Waals surface area contributed by atoms with E-state index in [0.717, 1.165) is 48.3 Å². The summed E-state index contributed by atoms with van der Waals surface area (Å²) in [7, 11) is 0. The first-order chi connectivity index (χ1) is 8.25. The summed E-state index contributed by atoms with van der Waals surface area (Å²) in [5, 5.41) is 0. The molecule has 0 radical (unpaired) electrons. The molecule has 2 atom stereocenters. The number of halogens is 1. The molecule has 0 saturated carbocycles. The van der Waals surface area contributed by atoms with Gasteiger partial charge in [0.1, 0.15) is 5.75 Å². The Balaban J connectivity index is 1.96. The molecule has 2 aliphatic heterocycles. The molecule has 0 amide bonds. The minimum absolute atomic E-state index is 0.0816. The van der Waals surface area contributed by atoms with Crippen LogP contribution in [0.2, 0.25) is 0 Å². The standard InChI is InChI=1S/C13H16BrNO2/c14-9-6-8-3-5-17-13(8)10(7-9)12(15)11-2-1-4-16-11/h6-7,11-12H,1-5,15H2. The monoisotopic (exact) mass is 297 g/mol. The van der Waals surface area contributed by atoms with Crippen LogP contribution in [0.5, 0.6) is 5.75 Å². The second-order valence-corrected chi connectivity index (χ2v) is 5.57. The number of hydrogen-bond acceptors (Lipinski definition) is 3. The minimum Gasteiger partial charge on any atom is -0.493 e.